The van der Waals surface area contributed by atoms with Crippen molar-refractivity contribution in [2.75, 3.05) is 0 Å². The zero-order valence-electron chi connectivity index (χ0n) is 11.4. The molecule has 18 heavy (non-hydrogen) atoms. The molecule has 4 nitrogen and oxygen atoms in total. The maximum Gasteiger partial charge on any atom is 0.179 e. The number of furan rings is 1. The standard InChI is InChI=1S/C14H18O4/c1-8-9(6-7-17-8)11(15)10-12(16)14(4,5)18-13(10,2)3/h6-7,10H,1-5H3. The molecular formula is C14H18O4. The van der Waals surface area contributed by atoms with Crippen molar-refractivity contribution in [1.82, 2.24) is 0 Å². The molecule has 1 atom stereocenters. The number of hydrogen-bond donors (Lipinski definition) is 0. The molecule has 4 heteroatoms. The number of aryl methyl sites for hydroxylation is 1. The van der Waals surface area contributed by atoms with Crippen molar-refractivity contribution < 1.29 is 18.7 Å². The average molecular weight is 250 g/mol. The van der Waals surface area contributed by atoms with Gasteiger partial charge < -0.3 is 9.15 Å². The summed E-state index contributed by atoms with van der Waals surface area (Å²) in [5.41, 5.74) is -1.24. The highest BCUT2D eigenvalue weighted by Gasteiger charge is 2.56. The van der Waals surface area contributed by atoms with Gasteiger partial charge in [0.2, 0.25) is 0 Å². The van der Waals surface area contributed by atoms with E-state index in [2.05, 4.69) is 0 Å². The molecular weight excluding hydrogens is 232 g/mol. The number of rotatable bonds is 2. The van der Waals surface area contributed by atoms with Crippen LogP contribution in [0, 0.1) is 12.8 Å². The Bertz CT molecular complexity index is 508. The quantitative estimate of drug-likeness (QED) is 0.598. The molecule has 1 aliphatic heterocycles. The molecule has 2 heterocycles. The highest BCUT2D eigenvalue weighted by Crippen LogP contribution is 2.41. The van der Waals surface area contributed by atoms with E-state index in [1.165, 1.54) is 6.26 Å². The summed E-state index contributed by atoms with van der Waals surface area (Å²) in [4.78, 5) is 24.8. The molecule has 0 radical (unpaired) electrons. The van der Waals surface area contributed by atoms with Crippen LogP contribution in [0.2, 0.25) is 0 Å². The first-order valence-electron chi connectivity index (χ1n) is 5.99. The number of ketones is 2. The molecule has 1 aliphatic rings. The van der Waals surface area contributed by atoms with Crippen molar-refractivity contribution in [3.8, 4) is 0 Å². The Morgan fingerprint density at radius 1 is 1.28 bits per heavy atom. The molecule has 1 unspecified atom stereocenters. The lowest BCUT2D eigenvalue weighted by Crippen LogP contribution is -2.37. The van der Waals surface area contributed by atoms with E-state index in [0.29, 0.717) is 11.3 Å². The van der Waals surface area contributed by atoms with E-state index < -0.39 is 17.1 Å². The van der Waals surface area contributed by atoms with E-state index in [1.807, 2.05) is 0 Å². The maximum absolute atomic E-state index is 12.5. The van der Waals surface area contributed by atoms with Gasteiger partial charge in [-0.2, -0.15) is 0 Å². The van der Waals surface area contributed by atoms with Crippen LogP contribution in [0.3, 0.4) is 0 Å². The molecule has 0 saturated carbocycles. The van der Waals surface area contributed by atoms with Gasteiger partial charge in [0.05, 0.1) is 17.4 Å². The lowest BCUT2D eigenvalue weighted by molar-refractivity contribution is -0.132. The number of carbonyl (C=O) groups excluding carboxylic acids is 2. The van der Waals surface area contributed by atoms with Crippen molar-refractivity contribution in [3.63, 3.8) is 0 Å². The third-order valence-electron chi connectivity index (χ3n) is 3.46. The van der Waals surface area contributed by atoms with Gasteiger partial charge in [-0.05, 0) is 40.7 Å². The summed E-state index contributed by atoms with van der Waals surface area (Å²) >= 11 is 0. The van der Waals surface area contributed by atoms with E-state index in [1.54, 1.807) is 40.7 Å². The summed E-state index contributed by atoms with van der Waals surface area (Å²) < 4.78 is 10.8. The lowest BCUT2D eigenvalue weighted by atomic mass is 9.81. The van der Waals surface area contributed by atoms with E-state index in [0.717, 1.165) is 0 Å². The molecule has 0 aliphatic carbocycles. The third-order valence-corrected chi connectivity index (χ3v) is 3.46. The van der Waals surface area contributed by atoms with Gasteiger partial charge >= 0.3 is 0 Å². The van der Waals surface area contributed by atoms with Crippen LogP contribution in [0.25, 0.3) is 0 Å². The van der Waals surface area contributed by atoms with Gasteiger partial charge in [-0.15, -0.1) is 0 Å². The van der Waals surface area contributed by atoms with Crippen LogP contribution >= 0.6 is 0 Å². The van der Waals surface area contributed by atoms with Gasteiger partial charge in [-0.1, -0.05) is 0 Å². The van der Waals surface area contributed by atoms with Gasteiger partial charge in [-0.3, -0.25) is 9.59 Å². The minimum atomic E-state index is -0.915. The van der Waals surface area contributed by atoms with Gasteiger partial charge in [-0.25, -0.2) is 0 Å². The largest absolute Gasteiger partial charge is 0.469 e. The van der Waals surface area contributed by atoms with Crippen molar-refractivity contribution in [1.29, 1.82) is 0 Å². The lowest BCUT2D eigenvalue weighted by Gasteiger charge is -2.24. The summed E-state index contributed by atoms with van der Waals surface area (Å²) in [6.07, 6.45) is 1.46. The van der Waals surface area contributed by atoms with Crippen LogP contribution < -0.4 is 0 Å². The van der Waals surface area contributed by atoms with Crippen LogP contribution in [0.4, 0.5) is 0 Å². The molecule has 0 N–H and O–H groups in total. The first-order chi connectivity index (χ1) is 8.17. The normalized spacial score (nSPS) is 25.4. The fourth-order valence-electron chi connectivity index (χ4n) is 2.66. The van der Waals surface area contributed by atoms with Crippen molar-refractivity contribution in [3.05, 3.63) is 23.7 Å². The Balaban J connectivity index is 2.42. The van der Waals surface area contributed by atoms with Gasteiger partial charge in [0.25, 0.3) is 0 Å². The van der Waals surface area contributed by atoms with Crippen LogP contribution in [-0.4, -0.2) is 22.8 Å². The van der Waals surface area contributed by atoms with E-state index in [9.17, 15) is 9.59 Å². The smallest absolute Gasteiger partial charge is 0.179 e. The van der Waals surface area contributed by atoms with Gasteiger partial charge in [0, 0.05) is 0 Å². The monoisotopic (exact) mass is 250 g/mol. The number of ether oxygens (including phenoxy) is 1. The number of Topliss-reactive ketones (excluding diaryl/α,β-unsaturated/α-hetero) is 2. The molecule has 1 aromatic heterocycles. The first-order valence-corrected chi connectivity index (χ1v) is 5.99. The predicted molar refractivity (Wildman–Crippen MR) is 65.5 cm³/mol. The Hall–Kier alpha value is -1.42. The van der Waals surface area contributed by atoms with Gasteiger partial charge in [0.1, 0.15) is 17.3 Å². The molecule has 98 valence electrons. The third kappa shape index (κ3) is 1.81. The fourth-order valence-corrected chi connectivity index (χ4v) is 2.66. The van der Waals surface area contributed by atoms with Crippen molar-refractivity contribution >= 4 is 11.6 Å². The first kappa shape index (κ1) is 13.0. The Kier molecular flexibility index (Phi) is 2.74. The second-order valence-electron chi connectivity index (χ2n) is 5.77. The van der Waals surface area contributed by atoms with Crippen LogP contribution in [-0.2, 0) is 9.53 Å². The second kappa shape index (κ2) is 3.79. The maximum atomic E-state index is 12.5. The Labute approximate surface area is 106 Å². The number of hydrogen-bond acceptors (Lipinski definition) is 4. The average Bonchev–Trinajstić information content (AvgIpc) is 2.67. The summed E-state index contributed by atoms with van der Waals surface area (Å²) in [7, 11) is 0. The zero-order valence-corrected chi connectivity index (χ0v) is 11.4. The van der Waals surface area contributed by atoms with E-state index in [4.69, 9.17) is 9.15 Å². The predicted octanol–water partition coefficient (Wildman–Crippen LogP) is 2.54. The molecule has 0 amide bonds. The van der Waals surface area contributed by atoms with E-state index in [-0.39, 0.29) is 11.6 Å². The molecule has 0 bridgehead atoms. The van der Waals surface area contributed by atoms with Gasteiger partial charge in [0.15, 0.2) is 11.6 Å². The SMILES string of the molecule is Cc1occc1C(=O)C1C(=O)C(C)(C)OC1(C)C. The zero-order chi connectivity index (χ0) is 13.7. The molecule has 0 spiro atoms. The molecule has 1 saturated heterocycles. The van der Waals surface area contributed by atoms with Crippen LogP contribution in [0.15, 0.2) is 16.7 Å². The van der Waals surface area contributed by atoms with Crippen molar-refractivity contribution in [2.24, 2.45) is 5.92 Å². The molecule has 1 fully saturated rings. The summed E-state index contributed by atoms with van der Waals surface area (Å²) in [5.74, 6) is -0.628. The van der Waals surface area contributed by atoms with Crippen LogP contribution in [0.5, 0.6) is 0 Å². The Morgan fingerprint density at radius 2 is 1.89 bits per heavy atom. The Morgan fingerprint density at radius 3 is 2.28 bits per heavy atom. The minimum absolute atomic E-state index is 0.168. The van der Waals surface area contributed by atoms with Crippen LogP contribution in [0.1, 0.15) is 43.8 Å². The topological polar surface area (TPSA) is 56.5 Å². The highest BCUT2D eigenvalue weighted by molar-refractivity contribution is 6.15. The van der Waals surface area contributed by atoms with E-state index >= 15 is 0 Å². The second-order valence-corrected chi connectivity index (χ2v) is 5.77. The summed E-state index contributed by atoms with van der Waals surface area (Å²) in [6.45, 7) is 8.67. The highest BCUT2D eigenvalue weighted by atomic mass is 16.5. The summed E-state index contributed by atoms with van der Waals surface area (Å²) in [5, 5.41) is 0. The fraction of sp³-hybridized carbons (Fsp3) is 0.571. The summed E-state index contributed by atoms with van der Waals surface area (Å²) in [6, 6.07) is 1.60. The molecule has 2 rings (SSSR count). The minimum Gasteiger partial charge on any atom is -0.469 e. The number of carbonyl (C=O) groups is 2. The molecule has 1 aromatic rings. The molecule has 0 aromatic carbocycles. The van der Waals surface area contributed by atoms with Crippen molar-refractivity contribution in [2.45, 2.75) is 45.8 Å².